The minimum absolute atomic E-state index is 0.0230. The summed E-state index contributed by atoms with van der Waals surface area (Å²) in [5.41, 5.74) is 2.47. The smallest absolute Gasteiger partial charge is 0.321 e. The molecule has 3 aromatic rings. The van der Waals surface area contributed by atoms with E-state index in [9.17, 15) is 29.7 Å². The Kier molecular flexibility index (Phi) is 7.77. The van der Waals surface area contributed by atoms with Crippen LogP contribution in [-0.4, -0.2) is 40.2 Å². The number of carbonyl (C=O) groups excluding carboxylic acids is 1. The Bertz CT molecular complexity index is 1120. The molecule has 170 valence electrons. The van der Waals surface area contributed by atoms with Crippen LogP contribution in [0.25, 0.3) is 0 Å². The highest BCUT2D eigenvalue weighted by atomic mass is 16.4. The van der Waals surface area contributed by atoms with E-state index in [2.05, 4.69) is 10.6 Å². The molecule has 0 fully saturated rings. The molecule has 0 saturated carbocycles. The van der Waals surface area contributed by atoms with Gasteiger partial charge in [0.2, 0.25) is 0 Å². The standard InChI is InChI=1S/C25H24N2O6/c28-23(29)19-8-4-5-9-20(19)26-18-12-10-17(11-13-18)15-22(25(32)33)27-21(24(30)31)14-16-6-2-1-3-7-16/h1-13,21-22,26-27H,14-15H2,(H,28,29)(H,30,31)(H,32,33)/p-1/t21?,22-/m0/s1. The summed E-state index contributed by atoms with van der Waals surface area (Å²) in [7, 11) is 0. The molecular formula is C25H23N2O6-. The van der Waals surface area contributed by atoms with Crippen molar-refractivity contribution in [2.45, 2.75) is 24.9 Å². The van der Waals surface area contributed by atoms with Crippen molar-refractivity contribution >= 4 is 29.3 Å². The van der Waals surface area contributed by atoms with E-state index in [0.29, 0.717) is 16.9 Å². The summed E-state index contributed by atoms with van der Waals surface area (Å²) in [4.78, 5) is 34.7. The van der Waals surface area contributed by atoms with E-state index in [1.54, 1.807) is 66.7 Å². The topological polar surface area (TPSA) is 139 Å². The first kappa shape index (κ1) is 23.5. The third kappa shape index (κ3) is 6.65. The molecule has 2 atom stereocenters. The lowest BCUT2D eigenvalue weighted by atomic mass is 10.0. The second kappa shape index (κ2) is 10.9. The van der Waals surface area contributed by atoms with Gasteiger partial charge in [-0.25, -0.2) is 0 Å². The number of carbonyl (C=O) groups is 3. The highest BCUT2D eigenvalue weighted by molar-refractivity contribution is 5.93. The molecule has 0 bridgehead atoms. The van der Waals surface area contributed by atoms with Gasteiger partial charge >= 0.3 is 11.9 Å². The van der Waals surface area contributed by atoms with E-state index in [1.807, 2.05) is 6.07 Å². The highest BCUT2D eigenvalue weighted by Crippen LogP contribution is 2.21. The molecular weight excluding hydrogens is 424 g/mol. The Labute approximate surface area is 190 Å². The van der Waals surface area contributed by atoms with Gasteiger partial charge in [0.05, 0.1) is 5.97 Å². The third-order valence-corrected chi connectivity index (χ3v) is 5.10. The number of benzene rings is 3. The number of rotatable bonds is 11. The molecule has 4 N–H and O–H groups in total. The van der Waals surface area contributed by atoms with Crippen molar-refractivity contribution in [3.05, 3.63) is 95.6 Å². The van der Waals surface area contributed by atoms with Crippen LogP contribution in [0.2, 0.25) is 0 Å². The van der Waals surface area contributed by atoms with Crippen LogP contribution in [-0.2, 0) is 22.4 Å². The molecule has 8 nitrogen and oxygen atoms in total. The van der Waals surface area contributed by atoms with Gasteiger partial charge in [-0.2, -0.15) is 0 Å². The molecule has 1 unspecified atom stereocenters. The molecule has 0 aliphatic heterocycles. The molecule has 0 radical (unpaired) electrons. The molecule has 0 heterocycles. The highest BCUT2D eigenvalue weighted by Gasteiger charge is 2.26. The maximum absolute atomic E-state index is 11.8. The van der Waals surface area contributed by atoms with E-state index >= 15 is 0 Å². The lowest BCUT2D eigenvalue weighted by Crippen LogP contribution is -2.49. The van der Waals surface area contributed by atoms with E-state index in [-0.39, 0.29) is 18.4 Å². The summed E-state index contributed by atoms with van der Waals surface area (Å²) in [5.74, 6) is -3.58. The Morgan fingerprint density at radius 3 is 1.79 bits per heavy atom. The van der Waals surface area contributed by atoms with Gasteiger partial charge in [0.1, 0.15) is 12.1 Å². The van der Waals surface area contributed by atoms with Crippen molar-refractivity contribution in [3.63, 3.8) is 0 Å². The zero-order valence-corrected chi connectivity index (χ0v) is 17.6. The van der Waals surface area contributed by atoms with Crippen LogP contribution in [0.4, 0.5) is 11.4 Å². The van der Waals surface area contributed by atoms with Crippen molar-refractivity contribution in [3.8, 4) is 0 Å². The van der Waals surface area contributed by atoms with Crippen LogP contribution in [0, 0.1) is 0 Å². The largest absolute Gasteiger partial charge is 0.545 e. The monoisotopic (exact) mass is 447 g/mol. The van der Waals surface area contributed by atoms with E-state index < -0.39 is 30.0 Å². The van der Waals surface area contributed by atoms with Gasteiger partial charge in [0.25, 0.3) is 0 Å². The SMILES string of the molecule is O=C([O-])c1ccccc1Nc1ccc(C[C@H](NC(Cc2ccccc2)C(=O)O)C(=O)O)cc1. The fraction of sp³-hybridized carbons (Fsp3) is 0.160. The van der Waals surface area contributed by atoms with E-state index in [0.717, 1.165) is 5.56 Å². The van der Waals surface area contributed by atoms with Gasteiger partial charge in [-0.1, -0.05) is 60.7 Å². The Morgan fingerprint density at radius 1 is 0.727 bits per heavy atom. The van der Waals surface area contributed by atoms with Gasteiger partial charge in [-0.15, -0.1) is 0 Å². The lowest BCUT2D eigenvalue weighted by molar-refractivity contribution is -0.254. The van der Waals surface area contributed by atoms with Crippen molar-refractivity contribution in [2.24, 2.45) is 0 Å². The van der Waals surface area contributed by atoms with Crippen LogP contribution >= 0.6 is 0 Å². The quantitative estimate of drug-likeness (QED) is 0.350. The number of hydrogen-bond acceptors (Lipinski definition) is 6. The molecule has 0 amide bonds. The van der Waals surface area contributed by atoms with Gasteiger partial charge < -0.3 is 25.4 Å². The zero-order valence-electron chi connectivity index (χ0n) is 17.6. The van der Waals surface area contributed by atoms with Crippen molar-refractivity contribution in [1.82, 2.24) is 5.32 Å². The maximum Gasteiger partial charge on any atom is 0.321 e. The van der Waals surface area contributed by atoms with Gasteiger partial charge in [0.15, 0.2) is 0 Å². The second-order valence-corrected chi connectivity index (χ2v) is 7.50. The third-order valence-electron chi connectivity index (χ3n) is 5.10. The fourth-order valence-corrected chi connectivity index (χ4v) is 3.41. The average Bonchev–Trinajstić information content (AvgIpc) is 2.80. The molecule has 0 aliphatic carbocycles. The van der Waals surface area contributed by atoms with Gasteiger partial charge in [0, 0.05) is 16.9 Å². The minimum Gasteiger partial charge on any atom is -0.545 e. The predicted octanol–water partition coefficient (Wildman–Crippen LogP) is 2.07. The Hall–Kier alpha value is -4.17. The van der Waals surface area contributed by atoms with E-state index in [1.165, 1.54) is 6.07 Å². The number of anilines is 2. The number of aliphatic carboxylic acids is 2. The van der Waals surface area contributed by atoms with Gasteiger partial charge in [-0.3, -0.25) is 14.9 Å². The van der Waals surface area contributed by atoms with Crippen LogP contribution in [0.5, 0.6) is 0 Å². The van der Waals surface area contributed by atoms with Crippen LogP contribution in [0.15, 0.2) is 78.9 Å². The number of hydrogen-bond donors (Lipinski definition) is 4. The number of carboxylic acids is 3. The van der Waals surface area contributed by atoms with Crippen LogP contribution < -0.4 is 15.7 Å². The molecule has 3 rings (SSSR count). The first-order valence-electron chi connectivity index (χ1n) is 10.3. The van der Waals surface area contributed by atoms with Gasteiger partial charge in [-0.05, 0) is 42.2 Å². The normalized spacial score (nSPS) is 12.5. The predicted molar refractivity (Wildman–Crippen MR) is 120 cm³/mol. The number of nitrogens with one attached hydrogen (secondary N) is 2. The Balaban J connectivity index is 1.69. The summed E-state index contributed by atoms with van der Waals surface area (Å²) in [6.45, 7) is 0. The first-order valence-corrected chi connectivity index (χ1v) is 10.3. The first-order chi connectivity index (χ1) is 15.8. The van der Waals surface area contributed by atoms with Crippen LogP contribution in [0.1, 0.15) is 21.5 Å². The summed E-state index contributed by atoms with van der Waals surface area (Å²) in [6, 6.07) is 20.0. The Morgan fingerprint density at radius 2 is 1.24 bits per heavy atom. The number of aromatic carboxylic acids is 1. The second-order valence-electron chi connectivity index (χ2n) is 7.50. The van der Waals surface area contributed by atoms with Crippen LogP contribution in [0.3, 0.4) is 0 Å². The minimum atomic E-state index is -1.30. The lowest BCUT2D eigenvalue weighted by Gasteiger charge is -2.21. The summed E-state index contributed by atoms with van der Waals surface area (Å²) in [5, 5.41) is 36.2. The molecule has 0 spiro atoms. The number of carboxylic acid groups (broad SMARTS) is 3. The molecule has 3 aromatic carbocycles. The van der Waals surface area contributed by atoms with Crippen molar-refractivity contribution in [1.29, 1.82) is 0 Å². The number of para-hydroxylation sites is 1. The molecule has 0 aliphatic rings. The molecule has 33 heavy (non-hydrogen) atoms. The molecule has 0 saturated heterocycles. The molecule has 8 heteroatoms. The van der Waals surface area contributed by atoms with Crippen molar-refractivity contribution in [2.75, 3.05) is 5.32 Å². The van der Waals surface area contributed by atoms with E-state index in [4.69, 9.17) is 0 Å². The van der Waals surface area contributed by atoms with Crippen molar-refractivity contribution < 1.29 is 29.7 Å². The summed E-state index contributed by atoms with van der Waals surface area (Å²) < 4.78 is 0. The zero-order chi connectivity index (χ0) is 23.8. The summed E-state index contributed by atoms with van der Waals surface area (Å²) in [6.07, 6.45) is 0.227. The maximum atomic E-state index is 11.8. The average molecular weight is 447 g/mol. The summed E-state index contributed by atoms with van der Waals surface area (Å²) >= 11 is 0. The molecule has 0 aromatic heterocycles. The fourth-order valence-electron chi connectivity index (χ4n) is 3.41.